The lowest BCUT2D eigenvalue weighted by Crippen LogP contribution is -2.56. The predicted octanol–water partition coefficient (Wildman–Crippen LogP) is 2.03. The van der Waals surface area contributed by atoms with Crippen molar-refractivity contribution in [3.63, 3.8) is 0 Å². The molecule has 5 rings (SSSR count). The summed E-state index contributed by atoms with van der Waals surface area (Å²) in [6, 6.07) is 14.1. The van der Waals surface area contributed by atoms with E-state index in [1.165, 1.54) is 16.2 Å². The summed E-state index contributed by atoms with van der Waals surface area (Å²) in [6.07, 6.45) is 3.56. The number of ketones is 1. The van der Waals surface area contributed by atoms with Crippen LogP contribution in [-0.2, 0) is 47.1 Å². The van der Waals surface area contributed by atoms with Crippen LogP contribution in [0.4, 0.5) is 0 Å². The maximum absolute atomic E-state index is 14.3. The molecule has 304 valence electrons. The van der Waals surface area contributed by atoms with Gasteiger partial charge in [0.25, 0.3) is 5.91 Å². The zero-order valence-corrected chi connectivity index (χ0v) is 33.6. The molecule has 2 saturated heterocycles. The molecule has 17 heteroatoms. The first-order valence-electron chi connectivity index (χ1n) is 19.1. The highest BCUT2D eigenvalue weighted by atomic mass is 32.2. The maximum atomic E-state index is 14.3. The van der Waals surface area contributed by atoms with Gasteiger partial charge < -0.3 is 36.6 Å². The Bertz CT molecular complexity index is 1920. The van der Waals surface area contributed by atoms with E-state index in [9.17, 15) is 27.6 Å². The van der Waals surface area contributed by atoms with Gasteiger partial charge in [0.05, 0.1) is 31.6 Å². The van der Waals surface area contributed by atoms with Gasteiger partial charge >= 0.3 is 0 Å². The summed E-state index contributed by atoms with van der Waals surface area (Å²) in [7, 11) is -3.80. The predicted molar refractivity (Wildman–Crippen MR) is 216 cm³/mol. The molecule has 8 N–H and O–H groups in total. The number of amides is 3. The molecule has 0 aliphatic carbocycles. The summed E-state index contributed by atoms with van der Waals surface area (Å²) < 4.78 is 34.8. The number of carbonyl (C=O) groups excluding carboxylic acids is 4. The summed E-state index contributed by atoms with van der Waals surface area (Å²) in [5, 5.41) is 19.9. The fourth-order valence-electron chi connectivity index (χ4n) is 7.18. The van der Waals surface area contributed by atoms with Crippen molar-refractivity contribution in [2.24, 2.45) is 11.7 Å². The number of nitrogens with one attached hydrogen (secondary N) is 6. The molecule has 2 aromatic carbocycles. The van der Waals surface area contributed by atoms with E-state index in [0.29, 0.717) is 12.3 Å². The number of sulfonamides is 1. The number of nitrogens with zero attached hydrogens (tertiary/aromatic N) is 1. The van der Waals surface area contributed by atoms with Gasteiger partial charge in [-0.3, -0.25) is 24.6 Å². The number of nitrogens with two attached hydrogens (primary N) is 1. The van der Waals surface area contributed by atoms with E-state index in [0.717, 1.165) is 58.3 Å². The lowest BCUT2D eigenvalue weighted by atomic mass is 9.91. The Labute approximate surface area is 332 Å². The fraction of sp³-hybridized carbons (Fsp3) is 0.513. The monoisotopic (exact) mass is 810 g/mol. The Balaban J connectivity index is 1.33. The van der Waals surface area contributed by atoms with Gasteiger partial charge in [-0.1, -0.05) is 48.0 Å². The average Bonchev–Trinajstić information content (AvgIpc) is 3.80. The Morgan fingerprint density at radius 2 is 1.77 bits per heavy atom. The molecule has 15 nitrogen and oxygen atoms in total. The Morgan fingerprint density at radius 1 is 1.04 bits per heavy atom. The standard InChI is InChI=1S/C39H54N8O7S2/c1-25-9-11-27(12-10-25)24-54-29-21-33(47(23-29)38(51)32(46-56(2,52)53)14-13-26-15-18-42-19-16-26)36(49)45-31(7-5-17-43-39(40)41)35(48)37(50)44-22-30-20-28-6-3-4-8-34(28)55-30/h3-4,6,8-12,20,26,29,31-33,42,46H,5,7,13-19,21-24H2,1-2H3,(H,44,50)(H,45,49)(H4,40,41,43)/t29-,31+,32-,33+/m1/s1. The van der Waals surface area contributed by atoms with E-state index in [1.807, 2.05) is 61.5 Å². The van der Waals surface area contributed by atoms with Gasteiger partial charge in [-0.15, -0.1) is 11.3 Å². The summed E-state index contributed by atoms with van der Waals surface area (Å²) >= 11 is 1.50. The normalized spacial score (nSPS) is 18.6. The van der Waals surface area contributed by atoms with Crippen molar-refractivity contribution < 1.29 is 32.3 Å². The number of hydrogen-bond acceptors (Lipinski definition) is 10. The quantitative estimate of drug-likeness (QED) is 0.0404. The van der Waals surface area contributed by atoms with Crippen LogP contribution < -0.4 is 31.7 Å². The molecule has 3 amide bonds. The van der Waals surface area contributed by atoms with Crippen molar-refractivity contribution in [1.29, 1.82) is 5.41 Å². The van der Waals surface area contributed by atoms with E-state index in [2.05, 4.69) is 26.0 Å². The number of rotatable bonds is 19. The third kappa shape index (κ3) is 12.8. The Hall–Kier alpha value is -4.42. The summed E-state index contributed by atoms with van der Waals surface area (Å²) in [5.74, 6) is -2.88. The SMILES string of the molecule is Cc1ccc(CO[C@@H]2C[C@@H](C(=O)N[C@@H](CCCNC(=N)N)C(=O)C(=O)NCc3cc4ccccc4s3)N(C(=O)[C@@H](CCC3CCNCC3)NS(C)(=O)=O)C2)cc1. The molecule has 2 aliphatic rings. The number of fused-ring (bicyclic) bond motifs is 1. The number of Topliss-reactive ketones (excluding diaryl/α,β-unsaturated/α-hetero) is 1. The van der Waals surface area contributed by atoms with E-state index >= 15 is 0 Å². The zero-order valence-electron chi connectivity index (χ0n) is 32.0. The summed E-state index contributed by atoms with van der Waals surface area (Å²) in [5.41, 5.74) is 7.43. The number of ether oxygens (including phenoxy) is 1. The topological polar surface area (TPSA) is 225 Å². The number of likely N-dealkylation sites (tertiary alicyclic amines) is 1. The number of hydrogen-bond donors (Lipinski definition) is 7. The lowest BCUT2D eigenvalue weighted by Gasteiger charge is -2.30. The Kier molecular flexibility index (Phi) is 15.4. The smallest absolute Gasteiger partial charge is 0.289 e. The van der Waals surface area contributed by atoms with Crippen LogP contribution >= 0.6 is 11.3 Å². The van der Waals surface area contributed by atoms with Gasteiger partial charge in [0.15, 0.2) is 5.96 Å². The molecule has 0 radical (unpaired) electrons. The molecular formula is C39H54N8O7S2. The minimum Gasteiger partial charge on any atom is -0.372 e. The zero-order chi connectivity index (χ0) is 40.2. The van der Waals surface area contributed by atoms with E-state index < -0.39 is 57.8 Å². The minimum atomic E-state index is -3.80. The van der Waals surface area contributed by atoms with Crippen LogP contribution in [-0.4, -0.2) is 99.4 Å². The molecule has 1 aromatic heterocycles. The van der Waals surface area contributed by atoms with E-state index in [1.54, 1.807) is 0 Å². The van der Waals surface area contributed by atoms with E-state index in [4.69, 9.17) is 15.9 Å². The van der Waals surface area contributed by atoms with Crippen LogP contribution in [0.15, 0.2) is 54.6 Å². The van der Waals surface area contributed by atoms with Crippen molar-refractivity contribution in [2.45, 2.75) is 89.3 Å². The first-order valence-corrected chi connectivity index (χ1v) is 21.8. The number of thiophene rings is 1. The van der Waals surface area contributed by atoms with Gasteiger partial charge in [-0.25, -0.2) is 13.1 Å². The van der Waals surface area contributed by atoms with Crippen LogP contribution in [0, 0.1) is 18.3 Å². The molecule has 3 aromatic rings. The van der Waals surface area contributed by atoms with Crippen molar-refractivity contribution in [1.82, 2.24) is 30.9 Å². The second-order valence-electron chi connectivity index (χ2n) is 14.7. The lowest BCUT2D eigenvalue weighted by molar-refractivity contribution is -0.143. The van der Waals surface area contributed by atoms with Crippen molar-refractivity contribution in [3.8, 4) is 0 Å². The average molecular weight is 811 g/mol. The maximum Gasteiger partial charge on any atom is 0.289 e. The first kappa shape index (κ1) is 42.7. The van der Waals surface area contributed by atoms with Crippen LogP contribution in [0.3, 0.4) is 0 Å². The first-order chi connectivity index (χ1) is 26.8. The van der Waals surface area contributed by atoms with Gasteiger partial charge in [0, 0.05) is 29.1 Å². The fourth-order valence-corrected chi connectivity index (χ4v) is 8.92. The molecule has 2 aliphatic heterocycles. The molecule has 56 heavy (non-hydrogen) atoms. The van der Waals surface area contributed by atoms with E-state index in [-0.39, 0.29) is 57.9 Å². The van der Waals surface area contributed by atoms with Gasteiger partial charge in [0.2, 0.25) is 27.6 Å². The Morgan fingerprint density at radius 3 is 2.46 bits per heavy atom. The van der Waals surface area contributed by atoms with Crippen LogP contribution in [0.2, 0.25) is 0 Å². The van der Waals surface area contributed by atoms with Crippen molar-refractivity contribution in [3.05, 3.63) is 70.6 Å². The van der Waals surface area contributed by atoms with Gasteiger partial charge in [-0.05, 0) is 87.5 Å². The summed E-state index contributed by atoms with van der Waals surface area (Å²) in [4.78, 5) is 57.7. The molecule has 4 atom stereocenters. The second-order valence-corrected chi connectivity index (χ2v) is 17.7. The molecule has 0 spiro atoms. The molecule has 3 heterocycles. The largest absolute Gasteiger partial charge is 0.372 e. The highest BCUT2D eigenvalue weighted by Gasteiger charge is 2.44. The van der Waals surface area contributed by atoms with Crippen molar-refractivity contribution in [2.75, 3.05) is 32.4 Å². The molecule has 2 fully saturated rings. The van der Waals surface area contributed by atoms with Gasteiger partial charge in [-0.2, -0.15) is 0 Å². The number of carbonyl (C=O) groups is 4. The van der Waals surface area contributed by atoms with Crippen LogP contribution in [0.1, 0.15) is 60.9 Å². The van der Waals surface area contributed by atoms with Crippen LogP contribution in [0.25, 0.3) is 10.1 Å². The van der Waals surface area contributed by atoms with Crippen LogP contribution in [0.5, 0.6) is 0 Å². The molecule has 0 saturated carbocycles. The van der Waals surface area contributed by atoms with Gasteiger partial charge in [0.1, 0.15) is 12.1 Å². The molecular weight excluding hydrogens is 757 g/mol. The second kappa shape index (κ2) is 20.1. The minimum absolute atomic E-state index is 0.0227. The highest BCUT2D eigenvalue weighted by Crippen LogP contribution is 2.27. The number of benzene rings is 2. The number of piperidine rings is 1. The summed E-state index contributed by atoms with van der Waals surface area (Å²) in [6.45, 7) is 4.27. The number of guanidine groups is 1. The molecule has 0 unspecified atom stereocenters. The number of aryl methyl sites for hydroxylation is 1. The third-order valence-electron chi connectivity index (χ3n) is 10.2. The third-order valence-corrected chi connectivity index (χ3v) is 12.0. The highest BCUT2D eigenvalue weighted by molar-refractivity contribution is 7.88. The van der Waals surface area contributed by atoms with Crippen molar-refractivity contribution >= 4 is 60.9 Å². The molecule has 0 bridgehead atoms.